The quantitative estimate of drug-likeness (QED) is 0.629. The summed E-state index contributed by atoms with van der Waals surface area (Å²) in [6.45, 7) is 5.55. The van der Waals surface area contributed by atoms with Crippen LogP contribution in [-0.2, 0) is 9.53 Å². The van der Waals surface area contributed by atoms with Gasteiger partial charge in [-0.2, -0.15) is 0 Å². The number of piperazine rings is 1. The topological polar surface area (TPSA) is 54.0 Å². The second-order valence-corrected chi connectivity index (χ2v) is 6.17. The molecule has 0 aliphatic carbocycles. The van der Waals surface area contributed by atoms with E-state index in [9.17, 15) is 4.79 Å². The Morgan fingerprint density at radius 1 is 1.33 bits per heavy atom. The molecule has 1 N–H and O–H groups in total. The summed E-state index contributed by atoms with van der Waals surface area (Å²) in [6.07, 6.45) is 0. The van der Waals surface area contributed by atoms with Gasteiger partial charge in [-0.3, -0.25) is 9.69 Å². The second kappa shape index (κ2) is 9.05. The number of anilines is 1. The molecule has 6 nitrogen and oxygen atoms in total. The second-order valence-electron chi connectivity index (χ2n) is 5.34. The summed E-state index contributed by atoms with van der Waals surface area (Å²) < 4.78 is 10.3. The van der Waals surface area contributed by atoms with Crippen LogP contribution in [0.4, 0.5) is 5.69 Å². The first-order valence-corrected chi connectivity index (χ1v) is 8.59. The number of nitrogens with one attached hydrogen (secondary N) is 1. The molecule has 0 amide bonds. The molecule has 132 valence electrons. The largest absolute Gasteiger partial charge is 0.495 e. The van der Waals surface area contributed by atoms with E-state index in [1.165, 1.54) is 0 Å². The summed E-state index contributed by atoms with van der Waals surface area (Å²) in [4.78, 5) is 15.7. The molecule has 0 radical (unpaired) electrons. The zero-order valence-corrected chi connectivity index (χ0v) is 15.5. The number of thiocarbonyl (C=S) groups is 1. The molecule has 8 heteroatoms. The lowest BCUT2D eigenvalue weighted by atomic mass is 10.3. The Morgan fingerprint density at radius 3 is 2.67 bits per heavy atom. The van der Waals surface area contributed by atoms with Crippen molar-refractivity contribution < 1.29 is 14.3 Å². The fraction of sp³-hybridized carbons (Fsp3) is 0.500. The molecule has 24 heavy (non-hydrogen) atoms. The molecule has 1 aromatic carbocycles. The molecule has 0 atom stereocenters. The van der Waals surface area contributed by atoms with E-state index in [-0.39, 0.29) is 5.97 Å². The molecule has 0 aromatic heterocycles. The lowest BCUT2D eigenvalue weighted by Gasteiger charge is -2.35. The van der Waals surface area contributed by atoms with Gasteiger partial charge in [-0.05, 0) is 37.3 Å². The summed E-state index contributed by atoms with van der Waals surface area (Å²) in [6, 6.07) is 5.34. The van der Waals surface area contributed by atoms with Crippen LogP contribution in [0.25, 0.3) is 0 Å². The van der Waals surface area contributed by atoms with Gasteiger partial charge in [0.2, 0.25) is 0 Å². The number of halogens is 1. The Kier molecular flexibility index (Phi) is 7.08. The minimum absolute atomic E-state index is 0.185. The van der Waals surface area contributed by atoms with Gasteiger partial charge in [-0.1, -0.05) is 11.6 Å². The predicted molar refractivity (Wildman–Crippen MR) is 98.9 cm³/mol. The Hall–Kier alpha value is -1.57. The van der Waals surface area contributed by atoms with Gasteiger partial charge in [0.25, 0.3) is 0 Å². The fourth-order valence-electron chi connectivity index (χ4n) is 2.47. The molecule has 1 heterocycles. The highest BCUT2D eigenvalue weighted by Crippen LogP contribution is 2.28. The number of hydrogen-bond acceptors (Lipinski definition) is 5. The maximum atomic E-state index is 11.5. The zero-order valence-electron chi connectivity index (χ0n) is 13.9. The van der Waals surface area contributed by atoms with Gasteiger partial charge in [-0.25, -0.2) is 0 Å². The predicted octanol–water partition coefficient (Wildman–Crippen LogP) is 2.23. The van der Waals surface area contributed by atoms with E-state index in [1.54, 1.807) is 25.3 Å². The number of esters is 1. The molecule has 0 spiro atoms. The minimum Gasteiger partial charge on any atom is -0.495 e. The smallest absolute Gasteiger partial charge is 0.320 e. The van der Waals surface area contributed by atoms with Crippen LogP contribution in [0.2, 0.25) is 5.02 Å². The normalized spacial score (nSPS) is 15.0. The average Bonchev–Trinajstić information content (AvgIpc) is 2.56. The van der Waals surface area contributed by atoms with Gasteiger partial charge in [-0.15, -0.1) is 0 Å². The molecule has 1 saturated heterocycles. The number of hydrogen-bond donors (Lipinski definition) is 1. The molecule has 0 saturated carbocycles. The van der Waals surface area contributed by atoms with E-state index in [4.69, 9.17) is 33.3 Å². The lowest BCUT2D eigenvalue weighted by Crippen LogP contribution is -2.51. The molecule has 1 aliphatic heterocycles. The Morgan fingerprint density at radius 2 is 2.04 bits per heavy atom. The monoisotopic (exact) mass is 371 g/mol. The Labute approximate surface area is 152 Å². The number of rotatable bonds is 5. The maximum absolute atomic E-state index is 11.5. The molecule has 0 bridgehead atoms. The van der Waals surface area contributed by atoms with E-state index in [0.717, 1.165) is 31.9 Å². The van der Waals surface area contributed by atoms with Crippen molar-refractivity contribution in [2.75, 3.05) is 51.8 Å². The minimum atomic E-state index is -0.185. The SMILES string of the molecule is CCOC(=O)CN1CCN(C(=S)Nc2cc(Cl)ccc2OC)CC1. The van der Waals surface area contributed by atoms with E-state index in [2.05, 4.69) is 15.1 Å². The van der Waals surface area contributed by atoms with E-state index in [1.807, 2.05) is 6.92 Å². The van der Waals surface area contributed by atoms with Gasteiger partial charge in [0.1, 0.15) is 5.75 Å². The van der Waals surface area contributed by atoms with Crippen molar-refractivity contribution in [3.05, 3.63) is 23.2 Å². The first-order chi connectivity index (χ1) is 11.5. The highest BCUT2D eigenvalue weighted by Gasteiger charge is 2.21. The van der Waals surface area contributed by atoms with Gasteiger partial charge in [0, 0.05) is 31.2 Å². The third-order valence-electron chi connectivity index (χ3n) is 3.72. The van der Waals surface area contributed by atoms with E-state index in [0.29, 0.717) is 29.0 Å². The van der Waals surface area contributed by atoms with Crippen LogP contribution in [0.5, 0.6) is 5.75 Å². The van der Waals surface area contributed by atoms with Crippen molar-refractivity contribution in [1.82, 2.24) is 9.80 Å². The third-order valence-corrected chi connectivity index (χ3v) is 4.32. The summed E-state index contributed by atoms with van der Waals surface area (Å²) >= 11 is 11.5. The first-order valence-electron chi connectivity index (χ1n) is 7.81. The van der Waals surface area contributed by atoms with Crippen molar-refractivity contribution >= 4 is 40.6 Å². The van der Waals surface area contributed by atoms with E-state index >= 15 is 0 Å². The van der Waals surface area contributed by atoms with E-state index < -0.39 is 0 Å². The van der Waals surface area contributed by atoms with Crippen molar-refractivity contribution in [3.8, 4) is 5.75 Å². The molecule has 1 aromatic rings. The molecule has 1 fully saturated rings. The molecule has 1 aliphatic rings. The van der Waals surface area contributed by atoms with Crippen LogP contribution < -0.4 is 10.1 Å². The Bertz CT molecular complexity index is 592. The zero-order chi connectivity index (χ0) is 17.5. The van der Waals surface area contributed by atoms with Crippen molar-refractivity contribution in [1.29, 1.82) is 0 Å². The van der Waals surface area contributed by atoms with Crippen molar-refractivity contribution in [3.63, 3.8) is 0 Å². The van der Waals surface area contributed by atoms with Crippen LogP contribution >= 0.6 is 23.8 Å². The number of nitrogens with zero attached hydrogens (tertiary/aromatic N) is 2. The summed E-state index contributed by atoms with van der Waals surface area (Å²) in [5.74, 6) is 0.498. The maximum Gasteiger partial charge on any atom is 0.320 e. The number of methoxy groups -OCH3 is 1. The summed E-state index contributed by atoms with van der Waals surface area (Å²) in [5, 5.41) is 4.41. The van der Waals surface area contributed by atoms with Crippen LogP contribution in [0.1, 0.15) is 6.92 Å². The van der Waals surface area contributed by atoms with Crippen molar-refractivity contribution in [2.24, 2.45) is 0 Å². The third kappa shape index (κ3) is 5.22. The van der Waals surface area contributed by atoms with Gasteiger partial charge >= 0.3 is 5.97 Å². The standard InChI is InChI=1S/C16H22ClN3O3S/c1-3-23-15(21)11-19-6-8-20(9-7-19)16(24)18-13-10-12(17)4-5-14(13)22-2/h4-5,10H,3,6-9,11H2,1-2H3,(H,18,24). The number of benzene rings is 1. The first kappa shape index (κ1) is 18.8. The number of carbonyl (C=O) groups is 1. The highest BCUT2D eigenvalue weighted by atomic mass is 35.5. The van der Waals surface area contributed by atoms with Gasteiger partial charge in [0.05, 0.1) is 25.9 Å². The van der Waals surface area contributed by atoms with Crippen LogP contribution in [0.3, 0.4) is 0 Å². The molecular formula is C16H22ClN3O3S. The van der Waals surface area contributed by atoms with Gasteiger partial charge in [0.15, 0.2) is 5.11 Å². The number of carbonyl (C=O) groups excluding carboxylic acids is 1. The average molecular weight is 372 g/mol. The Balaban J connectivity index is 1.87. The molecule has 0 unspecified atom stereocenters. The molecule has 2 rings (SSSR count). The van der Waals surface area contributed by atoms with Crippen LogP contribution in [0.15, 0.2) is 18.2 Å². The summed E-state index contributed by atoms with van der Waals surface area (Å²) in [5.41, 5.74) is 0.740. The highest BCUT2D eigenvalue weighted by molar-refractivity contribution is 7.80. The van der Waals surface area contributed by atoms with Crippen LogP contribution in [-0.4, -0.2) is 67.3 Å². The molecular weight excluding hydrogens is 350 g/mol. The van der Waals surface area contributed by atoms with Gasteiger partial charge < -0.3 is 19.7 Å². The fourth-order valence-corrected chi connectivity index (χ4v) is 2.94. The van der Waals surface area contributed by atoms with Crippen LogP contribution in [0, 0.1) is 0 Å². The number of ether oxygens (including phenoxy) is 2. The summed E-state index contributed by atoms with van der Waals surface area (Å²) in [7, 11) is 1.60. The van der Waals surface area contributed by atoms with Crippen molar-refractivity contribution in [2.45, 2.75) is 6.92 Å². The lowest BCUT2D eigenvalue weighted by molar-refractivity contribution is -0.144.